The van der Waals surface area contributed by atoms with Crippen LogP contribution in [-0.4, -0.2) is 6.54 Å². The fourth-order valence-corrected chi connectivity index (χ4v) is 2.46. The standard InChI is InChI=1S/C17H27N/c1-4-11-18-17(12-14-5-6-14)16-9-7-15(8-10-16)13(2)3/h7-10,13-14,17-18H,4-6,11-12H2,1-3H3. The van der Waals surface area contributed by atoms with E-state index in [1.165, 1.54) is 36.8 Å². The first-order valence-corrected chi connectivity index (χ1v) is 7.54. The lowest BCUT2D eigenvalue weighted by Gasteiger charge is -2.19. The highest BCUT2D eigenvalue weighted by Crippen LogP contribution is 2.37. The lowest BCUT2D eigenvalue weighted by Crippen LogP contribution is -2.22. The van der Waals surface area contributed by atoms with Crippen molar-refractivity contribution in [3.05, 3.63) is 35.4 Å². The van der Waals surface area contributed by atoms with Crippen LogP contribution in [0.25, 0.3) is 0 Å². The maximum atomic E-state index is 3.71. The van der Waals surface area contributed by atoms with Gasteiger partial charge in [0.15, 0.2) is 0 Å². The van der Waals surface area contributed by atoms with Gasteiger partial charge in [-0.15, -0.1) is 0 Å². The number of benzene rings is 1. The average Bonchev–Trinajstić information content (AvgIpc) is 3.18. The summed E-state index contributed by atoms with van der Waals surface area (Å²) in [5.74, 6) is 1.61. The van der Waals surface area contributed by atoms with E-state index in [9.17, 15) is 0 Å². The third kappa shape index (κ3) is 3.84. The Hall–Kier alpha value is -0.820. The van der Waals surface area contributed by atoms with Gasteiger partial charge in [0.2, 0.25) is 0 Å². The molecule has 1 aromatic carbocycles. The molecule has 0 bridgehead atoms. The maximum absolute atomic E-state index is 3.71. The van der Waals surface area contributed by atoms with Crippen molar-refractivity contribution in [3.63, 3.8) is 0 Å². The van der Waals surface area contributed by atoms with Crippen molar-refractivity contribution in [1.29, 1.82) is 0 Å². The second kappa shape index (κ2) is 6.38. The number of hydrogen-bond acceptors (Lipinski definition) is 1. The van der Waals surface area contributed by atoms with Crippen LogP contribution in [0.4, 0.5) is 0 Å². The van der Waals surface area contributed by atoms with Crippen LogP contribution in [-0.2, 0) is 0 Å². The van der Waals surface area contributed by atoms with Gasteiger partial charge in [-0.25, -0.2) is 0 Å². The molecule has 1 saturated carbocycles. The molecule has 1 N–H and O–H groups in total. The lowest BCUT2D eigenvalue weighted by atomic mass is 9.96. The third-order valence-electron chi connectivity index (χ3n) is 3.91. The summed E-state index contributed by atoms with van der Waals surface area (Å²) >= 11 is 0. The lowest BCUT2D eigenvalue weighted by molar-refractivity contribution is 0.474. The molecule has 18 heavy (non-hydrogen) atoms. The zero-order chi connectivity index (χ0) is 13.0. The molecule has 0 aromatic heterocycles. The minimum atomic E-state index is 0.568. The van der Waals surface area contributed by atoms with Gasteiger partial charge in [-0.3, -0.25) is 0 Å². The molecule has 1 fully saturated rings. The van der Waals surface area contributed by atoms with E-state index in [1.54, 1.807) is 0 Å². The molecular formula is C17H27N. The highest BCUT2D eigenvalue weighted by molar-refractivity contribution is 5.27. The van der Waals surface area contributed by atoms with Gasteiger partial charge in [0.25, 0.3) is 0 Å². The van der Waals surface area contributed by atoms with Crippen LogP contribution in [0, 0.1) is 5.92 Å². The molecule has 1 aromatic rings. The quantitative estimate of drug-likeness (QED) is 0.737. The van der Waals surface area contributed by atoms with Crippen LogP contribution in [0.15, 0.2) is 24.3 Å². The van der Waals surface area contributed by atoms with Crippen LogP contribution < -0.4 is 5.32 Å². The fraction of sp³-hybridized carbons (Fsp3) is 0.647. The Bertz CT molecular complexity index is 348. The molecule has 1 unspecified atom stereocenters. The van der Waals surface area contributed by atoms with Gasteiger partial charge in [-0.05, 0) is 42.3 Å². The molecule has 0 radical (unpaired) electrons. The highest BCUT2D eigenvalue weighted by atomic mass is 14.9. The molecule has 0 heterocycles. The zero-order valence-electron chi connectivity index (χ0n) is 12.1. The van der Waals surface area contributed by atoms with Crippen molar-refractivity contribution < 1.29 is 0 Å². The number of rotatable bonds is 7. The average molecular weight is 245 g/mol. The fourth-order valence-electron chi connectivity index (χ4n) is 2.46. The van der Waals surface area contributed by atoms with Crippen LogP contribution in [0.3, 0.4) is 0 Å². The van der Waals surface area contributed by atoms with E-state index in [0.717, 1.165) is 12.5 Å². The first-order chi connectivity index (χ1) is 8.70. The van der Waals surface area contributed by atoms with E-state index in [-0.39, 0.29) is 0 Å². The van der Waals surface area contributed by atoms with E-state index in [2.05, 4.69) is 50.4 Å². The molecule has 0 amide bonds. The maximum Gasteiger partial charge on any atom is 0.0322 e. The summed E-state index contributed by atoms with van der Waals surface area (Å²) in [6.45, 7) is 7.88. The monoisotopic (exact) mass is 245 g/mol. The molecule has 1 aliphatic carbocycles. The number of nitrogens with one attached hydrogen (secondary N) is 1. The first kappa shape index (κ1) is 13.6. The van der Waals surface area contributed by atoms with Gasteiger partial charge in [-0.2, -0.15) is 0 Å². The summed E-state index contributed by atoms with van der Waals surface area (Å²) in [5, 5.41) is 3.71. The van der Waals surface area contributed by atoms with Gasteiger partial charge in [-0.1, -0.05) is 57.9 Å². The van der Waals surface area contributed by atoms with Crippen LogP contribution >= 0.6 is 0 Å². The van der Waals surface area contributed by atoms with Crippen LogP contribution in [0.1, 0.15) is 69.5 Å². The van der Waals surface area contributed by atoms with E-state index in [1.807, 2.05) is 0 Å². The van der Waals surface area contributed by atoms with E-state index in [4.69, 9.17) is 0 Å². The minimum Gasteiger partial charge on any atom is -0.310 e. The van der Waals surface area contributed by atoms with E-state index >= 15 is 0 Å². The summed E-state index contributed by atoms with van der Waals surface area (Å²) in [6, 6.07) is 9.82. The van der Waals surface area contributed by atoms with Crippen molar-refractivity contribution >= 4 is 0 Å². The van der Waals surface area contributed by atoms with Crippen molar-refractivity contribution in [2.75, 3.05) is 6.54 Å². The van der Waals surface area contributed by atoms with Gasteiger partial charge in [0.05, 0.1) is 0 Å². The van der Waals surface area contributed by atoms with Gasteiger partial charge < -0.3 is 5.32 Å². The second-order valence-electron chi connectivity index (χ2n) is 6.01. The first-order valence-electron chi connectivity index (χ1n) is 7.54. The Morgan fingerprint density at radius 2 is 1.72 bits per heavy atom. The van der Waals surface area contributed by atoms with Crippen molar-refractivity contribution in [2.45, 2.75) is 58.4 Å². The summed E-state index contributed by atoms with van der Waals surface area (Å²) in [5.41, 5.74) is 2.92. The molecule has 0 aliphatic heterocycles. The molecule has 100 valence electrons. The van der Waals surface area contributed by atoms with Crippen molar-refractivity contribution in [2.24, 2.45) is 5.92 Å². The minimum absolute atomic E-state index is 0.568. The molecule has 2 rings (SSSR count). The summed E-state index contributed by atoms with van der Waals surface area (Å²) in [6.07, 6.45) is 5.41. The smallest absolute Gasteiger partial charge is 0.0322 e. The summed E-state index contributed by atoms with van der Waals surface area (Å²) in [4.78, 5) is 0. The zero-order valence-corrected chi connectivity index (χ0v) is 12.1. The van der Waals surface area contributed by atoms with Crippen LogP contribution in [0.2, 0.25) is 0 Å². The number of hydrogen-bond donors (Lipinski definition) is 1. The van der Waals surface area contributed by atoms with Crippen LogP contribution in [0.5, 0.6) is 0 Å². The summed E-state index contributed by atoms with van der Waals surface area (Å²) < 4.78 is 0. The van der Waals surface area contributed by atoms with E-state index < -0.39 is 0 Å². The normalized spacial score (nSPS) is 17.1. The van der Waals surface area contributed by atoms with E-state index in [0.29, 0.717) is 12.0 Å². The van der Waals surface area contributed by atoms with Crippen molar-refractivity contribution in [1.82, 2.24) is 5.32 Å². The topological polar surface area (TPSA) is 12.0 Å². The predicted octanol–water partition coefficient (Wildman–Crippen LogP) is 4.65. The van der Waals surface area contributed by atoms with Gasteiger partial charge in [0.1, 0.15) is 0 Å². The third-order valence-corrected chi connectivity index (χ3v) is 3.91. The Morgan fingerprint density at radius 3 is 2.22 bits per heavy atom. The molecule has 1 atom stereocenters. The van der Waals surface area contributed by atoms with Crippen molar-refractivity contribution in [3.8, 4) is 0 Å². The largest absolute Gasteiger partial charge is 0.310 e. The molecule has 0 saturated heterocycles. The van der Waals surface area contributed by atoms with Gasteiger partial charge >= 0.3 is 0 Å². The Labute approximate surface area is 112 Å². The highest BCUT2D eigenvalue weighted by Gasteiger charge is 2.25. The molecule has 0 spiro atoms. The Morgan fingerprint density at radius 1 is 1.11 bits per heavy atom. The Balaban J connectivity index is 2.02. The Kier molecular flexibility index (Phi) is 4.82. The second-order valence-corrected chi connectivity index (χ2v) is 6.01. The molecule has 1 heteroatoms. The molecular weight excluding hydrogens is 218 g/mol. The summed E-state index contributed by atoms with van der Waals surface area (Å²) in [7, 11) is 0. The predicted molar refractivity (Wildman–Crippen MR) is 78.9 cm³/mol. The van der Waals surface area contributed by atoms with Gasteiger partial charge in [0, 0.05) is 6.04 Å². The molecule has 1 aliphatic rings. The SMILES string of the molecule is CCCNC(CC1CC1)c1ccc(C(C)C)cc1. The molecule has 1 nitrogen and oxygen atoms in total.